The van der Waals surface area contributed by atoms with Crippen LogP contribution in [0.15, 0.2) is 186 Å². The normalized spacial score (nSPS) is 11.9. The van der Waals surface area contributed by atoms with Gasteiger partial charge in [-0.1, -0.05) is 133 Å². The van der Waals surface area contributed by atoms with Gasteiger partial charge < -0.3 is 8.98 Å². The molecule has 0 spiro atoms. The third-order valence-corrected chi connectivity index (χ3v) is 12.2. The number of furan rings is 1. The van der Waals surface area contributed by atoms with Crippen molar-refractivity contribution < 1.29 is 4.42 Å². The van der Waals surface area contributed by atoms with E-state index in [0.29, 0.717) is 17.5 Å². The highest BCUT2D eigenvalue weighted by Crippen LogP contribution is 2.42. The van der Waals surface area contributed by atoms with E-state index in [9.17, 15) is 0 Å². The van der Waals surface area contributed by atoms with E-state index in [1.807, 2.05) is 59.9 Å². The Kier molecular flexibility index (Phi) is 7.03. The zero-order valence-corrected chi connectivity index (χ0v) is 31.2. The number of rotatable bonds is 5. The molecule has 4 heterocycles. The lowest BCUT2D eigenvalue weighted by atomic mass is 10.0. The van der Waals surface area contributed by atoms with E-state index in [0.717, 1.165) is 61.0 Å². The van der Waals surface area contributed by atoms with Gasteiger partial charge in [0.25, 0.3) is 0 Å². The van der Waals surface area contributed by atoms with Crippen LogP contribution in [0.5, 0.6) is 0 Å². The second kappa shape index (κ2) is 12.6. The molecule has 0 aliphatic heterocycles. The molecule has 57 heavy (non-hydrogen) atoms. The molecule has 0 radical (unpaired) electrons. The molecule has 0 aliphatic rings. The van der Waals surface area contributed by atoms with Crippen molar-refractivity contribution in [3.63, 3.8) is 0 Å². The molecule has 0 atom stereocenters. The minimum absolute atomic E-state index is 0.591. The molecule has 0 bridgehead atoms. The van der Waals surface area contributed by atoms with Crippen LogP contribution in [0, 0.1) is 0 Å². The standard InChI is InChI=1S/C51H30N4OS/c1-3-12-31(13-4-1)32-22-24-34(25-23-32)50-52-49(33-14-5-2-6-15-33)53-51(54-50)38-18-11-20-45-48(38)41-28-35(26-27-44(41)56-45)55-42-19-9-7-16-36(42)39-30-47-40(29-43(39)55)37-17-8-10-21-46(37)57-47/h1-30H. The highest BCUT2D eigenvalue weighted by molar-refractivity contribution is 7.25. The Balaban J connectivity index is 1.07. The van der Waals surface area contributed by atoms with Crippen LogP contribution in [0.4, 0.5) is 0 Å². The first-order chi connectivity index (χ1) is 28.2. The van der Waals surface area contributed by atoms with Gasteiger partial charge in [0.15, 0.2) is 17.5 Å². The molecular formula is C51H30N4OS. The minimum atomic E-state index is 0.591. The first-order valence-electron chi connectivity index (χ1n) is 19.0. The molecule has 0 N–H and O–H groups in total. The van der Waals surface area contributed by atoms with Crippen molar-refractivity contribution in [3.8, 4) is 51.0 Å². The van der Waals surface area contributed by atoms with Crippen LogP contribution in [0.3, 0.4) is 0 Å². The van der Waals surface area contributed by atoms with Crippen LogP contribution in [-0.4, -0.2) is 19.5 Å². The van der Waals surface area contributed by atoms with Crippen molar-refractivity contribution in [1.82, 2.24) is 19.5 Å². The van der Waals surface area contributed by atoms with Crippen molar-refractivity contribution in [2.24, 2.45) is 0 Å². The average molecular weight is 747 g/mol. The summed E-state index contributed by atoms with van der Waals surface area (Å²) >= 11 is 1.85. The lowest BCUT2D eigenvalue weighted by molar-refractivity contribution is 0.669. The van der Waals surface area contributed by atoms with E-state index in [-0.39, 0.29) is 0 Å². The molecule has 0 amide bonds. The van der Waals surface area contributed by atoms with Gasteiger partial charge in [-0.25, -0.2) is 15.0 Å². The Labute approximate surface area is 330 Å². The molecule has 8 aromatic carbocycles. The van der Waals surface area contributed by atoms with Crippen molar-refractivity contribution in [2.45, 2.75) is 0 Å². The minimum Gasteiger partial charge on any atom is -0.456 e. The van der Waals surface area contributed by atoms with Gasteiger partial charge in [0, 0.05) is 64.1 Å². The van der Waals surface area contributed by atoms with Crippen LogP contribution >= 0.6 is 11.3 Å². The average Bonchev–Trinajstić information content (AvgIpc) is 3.95. The quantitative estimate of drug-likeness (QED) is 0.176. The molecule has 12 rings (SSSR count). The van der Waals surface area contributed by atoms with Gasteiger partial charge >= 0.3 is 0 Å². The largest absolute Gasteiger partial charge is 0.456 e. The maximum Gasteiger partial charge on any atom is 0.164 e. The molecule has 0 fully saturated rings. The summed E-state index contributed by atoms with van der Waals surface area (Å²) in [6, 6.07) is 63.7. The monoisotopic (exact) mass is 746 g/mol. The first kappa shape index (κ1) is 31.9. The van der Waals surface area contributed by atoms with Crippen molar-refractivity contribution in [2.75, 3.05) is 0 Å². The summed E-state index contributed by atoms with van der Waals surface area (Å²) in [5.74, 6) is 1.82. The van der Waals surface area contributed by atoms with E-state index < -0.39 is 0 Å². The summed E-state index contributed by atoms with van der Waals surface area (Å²) in [7, 11) is 0. The third kappa shape index (κ3) is 5.12. The number of aromatic nitrogens is 4. The maximum atomic E-state index is 6.56. The summed E-state index contributed by atoms with van der Waals surface area (Å²) in [6.45, 7) is 0. The van der Waals surface area contributed by atoms with Crippen molar-refractivity contribution >= 4 is 75.3 Å². The van der Waals surface area contributed by atoms with Crippen LogP contribution in [0.2, 0.25) is 0 Å². The SMILES string of the molecule is c1ccc(-c2ccc(-c3nc(-c4ccccc4)nc(-c4cccc5oc6ccc(-n7c8ccccc8c8cc9sc%10ccccc%10c9cc87)cc6c45)n3)cc2)cc1. The number of hydrogen-bond acceptors (Lipinski definition) is 5. The van der Waals surface area contributed by atoms with Gasteiger partial charge in [-0.3, -0.25) is 0 Å². The highest BCUT2D eigenvalue weighted by Gasteiger charge is 2.20. The Hall–Kier alpha value is -7.41. The molecular weight excluding hydrogens is 717 g/mol. The van der Waals surface area contributed by atoms with Crippen molar-refractivity contribution in [1.29, 1.82) is 0 Å². The first-order valence-corrected chi connectivity index (χ1v) is 19.8. The lowest BCUT2D eigenvalue weighted by Gasteiger charge is -2.10. The van der Waals surface area contributed by atoms with Crippen LogP contribution in [0.25, 0.3) is 115 Å². The van der Waals surface area contributed by atoms with Gasteiger partial charge in [-0.2, -0.15) is 0 Å². The van der Waals surface area contributed by atoms with E-state index in [1.165, 1.54) is 36.5 Å². The molecule has 0 saturated heterocycles. The van der Waals surface area contributed by atoms with E-state index in [2.05, 4.69) is 138 Å². The van der Waals surface area contributed by atoms with Crippen LogP contribution < -0.4 is 0 Å². The molecule has 0 saturated carbocycles. The fraction of sp³-hybridized carbons (Fsp3) is 0. The summed E-state index contributed by atoms with van der Waals surface area (Å²) < 4.78 is 11.6. The predicted octanol–water partition coefficient (Wildman–Crippen LogP) is 13.9. The number of nitrogens with zero attached hydrogens (tertiary/aromatic N) is 4. The Bertz CT molecular complexity index is 3510. The summed E-state index contributed by atoms with van der Waals surface area (Å²) in [6.07, 6.45) is 0. The zero-order chi connectivity index (χ0) is 37.5. The number of hydrogen-bond donors (Lipinski definition) is 0. The van der Waals surface area contributed by atoms with Gasteiger partial charge in [0.05, 0.1) is 11.0 Å². The zero-order valence-electron chi connectivity index (χ0n) is 30.4. The van der Waals surface area contributed by atoms with Crippen LogP contribution in [-0.2, 0) is 0 Å². The number of thiophene rings is 1. The smallest absolute Gasteiger partial charge is 0.164 e. The Morgan fingerprint density at radius 3 is 1.84 bits per heavy atom. The molecule has 5 nitrogen and oxygen atoms in total. The van der Waals surface area contributed by atoms with Gasteiger partial charge in [-0.15, -0.1) is 11.3 Å². The highest BCUT2D eigenvalue weighted by atomic mass is 32.1. The van der Waals surface area contributed by atoms with Crippen LogP contribution in [0.1, 0.15) is 0 Å². The van der Waals surface area contributed by atoms with E-state index >= 15 is 0 Å². The number of para-hydroxylation sites is 1. The summed E-state index contributed by atoms with van der Waals surface area (Å²) in [4.78, 5) is 15.3. The molecule has 4 aromatic heterocycles. The molecule has 6 heteroatoms. The Morgan fingerprint density at radius 2 is 1.04 bits per heavy atom. The van der Waals surface area contributed by atoms with E-state index in [1.54, 1.807) is 0 Å². The molecule has 266 valence electrons. The predicted molar refractivity (Wildman–Crippen MR) is 236 cm³/mol. The second-order valence-corrected chi connectivity index (χ2v) is 15.5. The van der Waals surface area contributed by atoms with Crippen molar-refractivity contribution in [3.05, 3.63) is 182 Å². The maximum absolute atomic E-state index is 6.56. The number of benzene rings is 8. The number of fused-ring (bicyclic) bond motifs is 9. The van der Waals surface area contributed by atoms with Gasteiger partial charge in [0.2, 0.25) is 0 Å². The fourth-order valence-corrected chi connectivity index (χ4v) is 9.52. The summed E-state index contributed by atoms with van der Waals surface area (Å²) in [5.41, 5.74) is 10.0. The fourth-order valence-electron chi connectivity index (χ4n) is 8.39. The van der Waals surface area contributed by atoms with Gasteiger partial charge in [0.1, 0.15) is 11.2 Å². The third-order valence-electron chi connectivity index (χ3n) is 11.1. The summed E-state index contributed by atoms with van der Waals surface area (Å²) in [5, 5.41) is 7.01. The Morgan fingerprint density at radius 1 is 0.386 bits per heavy atom. The van der Waals surface area contributed by atoms with Gasteiger partial charge in [-0.05, 0) is 59.7 Å². The van der Waals surface area contributed by atoms with E-state index in [4.69, 9.17) is 19.4 Å². The lowest BCUT2D eigenvalue weighted by Crippen LogP contribution is -2.00. The molecule has 12 aromatic rings. The molecule has 0 aliphatic carbocycles. The topological polar surface area (TPSA) is 56.7 Å². The molecule has 0 unspecified atom stereocenters. The second-order valence-electron chi connectivity index (χ2n) is 14.4.